The summed E-state index contributed by atoms with van der Waals surface area (Å²) in [5.74, 6) is -1.36. The van der Waals surface area contributed by atoms with Gasteiger partial charge in [-0.1, -0.05) is 30.3 Å². The van der Waals surface area contributed by atoms with E-state index in [0.29, 0.717) is 11.6 Å². The van der Waals surface area contributed by atoms with Gasteiger partial charge in [0.05, 0.1) is 6.20 Å². The molecule has 0 aliphatic heterocycles. The lowest BCUT2D eigenvalue weighted by Gasteiger charge is -2.16. The summed E-state index contributed by atoms with van der Waals surface area (Å²) in [7, 11) is 0. The number of rotatable bonds is 4. The maximum Gasteiger partial charge on any atom is 0.433 e. The van der Waals surface area contributed by atoms with Gasteiger partial charge in [0.15, 0.2) is 5.69 Å². The average molecular weight is 327 g/mol. The molecule has 0 fully saturated rings. The predicted octanol–water partition coefficient (Wildman–Crippen LogP) is 2.16. The van der Waals surface area contributed by atoms with Crippen LogP contribution in [0.4, 0.5) is 18.0 Å². The monoisotopic (exact) mass is 327 g/mol. The van der Waals surface area contributed by atoms with Crippen molar-refractivity contribution in [2.75, 3.05) is 0 Å². The molecule has 0 saturated heterocycles. The molecule has 1 unspecified atom stereocenters. The smallest absolute Gasteiger partial charge is 0.433 e. The SMILES string of the molecule is O=C(O)C(Cc1ccccc1)NC(=O)n1nccc1C(F)(F)F. The van der Waals surface area contributed by atoms with Crippen LogP contribution in [0.3, 0.4) is 0 Å². The van der Waals surface area contributed by atoms with Crippen molar-refractivity contribution in [2.45, 2.75) is 18.6 Å². The van der Waals surface area contributed by atoms with Gasteiger partial charge in [0.25, 0.3) is 0 Å². The van der Waals surface area contributed by atoms with E-state index in [2.05, 4.69) is 5.10 Å². The molecule has 23 heavy (non-hydrogen) atoms. The minimum Gasteiger partial charge on any atom is -0.480 e. The number of nitrogens with one attached hydrogen (secondary N) is 1. The van der Waals surface area contributed by atoms with Crippen LogP contribution in [-0.4, -0.2) is 32.9 Å². The highest BCUT2D eigenvalue weighted by Crippen LogP contribution is 2.28. The summed E-state index contributed by atoms with van der Waals surface area (Å²) in [5, 5.41) is 14.5. The Morgan fingerprint density at radius 2 is 1.87 bits per heavy atom. The molecule has 0 aliphatic carbocycles. The molecule has 1 atom stereocenters. The number of aromatic nitrogens is 2. The van der Waals surface area contributed by atoms with Crippen molar-refractivity contribution in [1.82, 2.24) is 15.1 Å². The molecular formula is C14H12F3N3O3. The Balaban J connectivity index is 2.16. The van der Waals surface area contributed by atoms with E-state index in [1.165, 1.54) is 0 Å². The zero-order chi connectivity index (χ0) is 17.0. The largest absolute Gasteiger partial charge is 0.480 e. The average Bonchev–Trinajstić information content (AvgIpc) is 2.97. The van der Waals surface area contributed by atoms with Crippen LogP contribution in [0.1, 0.15) is 11.3 Å². The molecule has 122 valence electrons. The number of hydrogen-bond donors (Lipinski definition) is 2. The molecule has 1 heterocycles. The molecule has 0 radical (unpaired) electrons. The molecule has 1 amide bonds. The van der Waals surface area contributed by atoms with E-state index >= 15 is 0 Å². The molecule has 0 saturated carbocycles. The second kappa shape index (κ2) is 6.51. The minimum absolute atomic E-state index is 0.0649. The fourth-order valence-electron chi connectivity index (χ4n) is 1.94. The van der Waals surface area contributed by atoms with Crippen molar-refractivity contribution >= 4 is 12.0 Å². The normalized spacial score (nSPS) is 12.7. The lowest BCUT2D eigenvalue weighted by Crippen LogP contribution is -2.45. The number of amides is 1. The number of halogens is 3. The topological polar surface area (TPSA) is 84.2 Å². The summed E-state index contributed by atoms with van der Waals surface area (Å²) in [6, 6.07) is 6.40. The third-order valence-corrected chi connectivity index (χ3v) is 3.00. The third kappa shape index (κ3) is 4.09. The molecule has 0 spiro atoms. The number of carbonyl (C=O) groups excluding carboxylic acids is 1. The molecule has 1 aromatic carbocycles. The van der Waals surface area contributed by atoms with Gasteiger partial charge < -0.3 is 10.4 Å². The third-order valence-electron chi connectivity index (χ3n) is 3.00. The van der Waals surface area contributed by atoms with Crippen molar-refractivity contribution in [3.8, 4) is 0 Å². The van der Waals surface area contributed by atoms with Crippen molar-refractivity contribution < 1.29 is 27.9 Å². The molecular weight excluding hydrogens is 315 g/mol. The Morgan fingerprint density at radius 1 is 1.22 bits per heavy atom. The number of hydrogen-bond acceptors (Lipinski definition) is 3. The Labute approximate surface area is 128 Å². The van der Waals surface area contributed by atoms with Gasteiger partial charge in [-0.15, -0.1) is 0 Å². The number of carbonyl (C=O) groups is 2. The number of carboxylic acids is 1. The van der Waals surface area contributed by atoms with Gasteiger partial charge in [0.2, 0.25) is 0 Å². The summed E-state index contributed by atoms with van der Waals surface area (Å²) >= 11 is 0. The van der Waals surface area contributed by atoms with Crippen LogP contribution in [0.2, 0.25) is 0 Å². The van der Waals surface area contributed by atoms with Crippen LogP contribution in [0.5, 0.6) is 0 Å². The van der Waals surface area contributed by atoms with E-state index in [1.807, 2.05) is 5.32 Å². The van der Waals surface area contributed by atoms with Gasteiger partial charge >= 0.3 is 18.2 Å². The Bertz CT molecular complexity index is 698. The van der Waals surface area contributed by atoms with Crippen LogP contribution in [0, 0.1) is 0 Å². The summed E-state index contributed by atoms with van der Waals surface area (Å²) in [6.45, 7) is 0. The molecule has 2 aromatic rings. The zero-order valence-electron chi connectivity index (χ0n) is 11.6. The number of carboxylic acid groups (broad SMARTS) is 1. The van der Waals surface area contributed by atoms with E-state index in [9.17, 15) is 22.8 Å². The molecule has 0 aliphatic rings. The molecule has 2 rings (SSSR count). The van der Waals surface area contributed by atoms with E-state index in [4.69, 9.17) is 5.11 Å². The van der Waals surface area contributed by atoms with Crippen LogP contribution < -0.4 is 5.32 Å². The van der Waals surface area contributed by atoms with E-state index in [0.717, 1.165) is 6.20 Å². The molecule has 6 nitrogen and oxygen atoms in total. The van der Waals surface area contributed by atoms with Crippen molar-refractivity contribution in [3.63, 3.8) is 0 Å². The Hall–Kier alpha value is -2.84. The van der Waals surface area contributed by atoms with E-state index in [-0.39, 0.29) is 11.1 Å². The first-order valence-electron chi connectivity index (χ1n) is 6.48. The van der Waals surface area contributed by atoms with Crippen LogP contribution >= 0.6 is 0 Å². The van der Waals surface area contributed by atoms with Gasteiger partial charge in [0, 0.05) is 6.42 Å². The first kappa shape index (κ1) is 16.5. The van der Waals surface area contributed by atoms with Crippen LogP contribution in [-0.2, 0) is 17.4 Å². The fourth-order valence-corrected chi connectivity index (χ4v) is 1.94. The van der Waals surface area contributed by atoms with Gasteiger partial charge in [-0.25, -0.2) is 9.59 Å². The highest BCUT2D eigenvalue weighted by atomic mass is 19.4. The quantitative estimate of drug-likeness (QED) is 0.901. The fraction of sp³-hybridized carbons (Fsp3) is 0.214. The van der Waals surface area contributed by atoms with Gasteiger partial charge in [-0.3, -0.25) is 0 Å². The second-order valence-electron chi connectivity index (χ2n) is 4.66. The summed E-state index contributed by atoms with van der Waals surface area (Å²) in [6.07, 6.45) is -4.02. The van der Waals surface area contributed by atoms with Crippen molar-refractivity contribution in [1.29, 1.82) is 0 Å². The predicted molar refractivity (Wildman–Crippen MR) is 72.7 cm³/mol. The van der Waals surface area contributed by atoms with Crippen LogP contribution in [0.15, 0.2) is 42.6 Å². The zero-order valence-corrected chi connectivity index (χ0v) is 11.6. The highest BCUT2D eigenvalue weighted by Gasteiger charge is 2.37. The maximum absolute atomic E-state index is 12.7. The molecule has 1 aromatic heterocycles. The van der Waals surface area contributed by atoms with Crippen molar-refractivity contribution in [3.05, 3.63) is 53.9 Å². The lowest BCUT2D eigenvalue weighted by atomic mass is 10.1. The standard InChI is InChI=1S/C14H12F3N3O3/c15-14(16,17)11-6-7-18-20(11)13(23)19-10(12(21)22)8-9-4-2-1-3-5-9/h1-7,10H,8H2,(H,19,23)(H,21,22). The number of nitrogens with zero attached hydrogens (tertiary/aromatic N) is 2. The summed E-state index contributed by atoms with van der Waals surface area (Å²) in [4.78, 5) is 23.1. The number of benzene rings is 1. The first-order chi connectivity index (χ1) is 10.8. The van der Waals surface area contributed by atoms with Crippen LogP contribution in [0.25, 0.3) is 0 Å². The molecule has 9 heteroatoms. The number of alkyl halides is 3. The van der Waals surface area contributed by atoms with E-state index in [1.54, 1.807) is 30.3 Å². The van der Waals surface area contributed by atoms with E-state index < -0.39 is 29.9 Å². The Morgan fingerprint density at radius 3 is 2.43 bits per heavy atom. The highest BCUT2D eigenvalue weighted by molar-refractivity contribution is 5.84. The maximum atomic E-state index is 12.7. The minimum atomic E-state index is -4.77. The van der Waals surface area contributed by atoms with Gasteiger partial charge in [0.1, 0.15) is 6.04 Å². The Kier molecular flexibility index (Phi) is 4.68. The van der Waals surface area contributed by atoms with Crippen molar-refractivity contribution in [2.24, 2.45) is 0 Å². The first-order valence-corrected chi connectivity index (χ1v) is 6.48. The lowest BCUT2D eigenvalue weighted by molar-refractivity contribution is -0.142. The second-order valence-corrected chi connectivity index (χ2v) is 4.66. The summed E-state index contributed by atoms with van der Waals surface area (Å²) < 4.78 is 38.3. The van der Waals surface area contributed by atoms with Gasteiger partial charge in [-0.05, 0) is 11.6 Å². The number of aliphatic carboxylic acids is 1. The van der Waals surface area contributed by atoms with Gasteiger partial charge in [-0.2, -0.15) is 23.0 Å². The molecule has 2 N–H and O–H groups in total. The summed E-state index contributed by atoms with van der Waals surface area (Å²) in [5.41, 5.74) is -0.657. The molecule has 0 bridgehead atoms.